The maximum absolute atomic E-state index is 8.99. The molecule has 1 aromatic heterocycles. The first kappa shape index (κ1) is 18.8. The standard InChI is InChI=1S/C25H20N6/c26-15-14-17-8-10-19(11-9-17)31-24(20-7-4-16-28-23(20)27)30-22-13-12-21(29-25(22)31)18-5-2-1-3-6-18/h1-12,16,22H,13-14H2,(H2,27,28). The van der Waals surface area contributed by atoms with Crippen LogP contribution in [0.15, 0.2) is 89.0 Å². The Morgan fingerprint density at radius 1 is 1.03 bits per heavy atom. The zero-order valence-corrected chi connectivity index (χ0v) is 16.8. The molecule has 6 nitrogen and oxygen atoms in total. The average molecular weight is 404 g/mol. The highest BCUT2D eigenvalue weighted by atomic mass is 15.3. The Bertz CT molecular complexity index is 1250. The number of hydrogen-bond acceptors (Lipinski definition) is 6. The van der Waals surface area contributed by atoms with Gasteiger partial charge in [-0.25, -0.2) is 9.98 Å². The number of aromatic nitrogens is 1. The average Bonchev–Trinajstić information content (AvgIpc) is 3.19. The lowest BCUT2D eigenvalue weighted by atomic mass is 10.0. The van der Waals surface area contributed by atoms with Gasteiger partial charge in [-0.15, -0.1) is 0 Å². The van der Waals surface area contributed by atoms with Crippen LogP contribution in [0, 0.1) is 11.3 Å². The number of rotatable bonds is 4. The Kier molecular flexibility index (Phi) is 4.77. The van der Waals surface area contributed by atoms with Crippen LogP contribution < -0.4 is 10.6 Å². The summed E-state index contributed by atoms with van der Waals surface area (Å²) < 4.78 is 0. The lowest BCUT2D eigenvalue weighted by molar-refractivity contribution is 0.879. The van der Waals surface area contributed by atoms with Crippen LogP contribution in [0.2, 0.25) is 0 Å². The molecule has 0 saturated heterocycles. The number of pyridine rings is 1. The molecule has 0 fully saturated rings. The van der Waals surface area contributed by atoms with Gasteiger partial charge in [0.15, 0.2) is 0 Å². The summed E-state index contributed by atoms with van der Waals surface area (Å²) in [7, 11) is 0. The van der Waals surface area contributed by atoms with Crippen LogP contribution >= 0.6 is 0 Å². The van der Waals surface area contributed by atoms with Gasteiger partial charge < -0.3 is 5.73 Å². The molecule has 31 heavy (non-hydrogen) atoms. The second kappa shape index (κ2) is 7.88. The Labute approximate surface area is 180 Å². The van der Waals surface area contributed by atoms with Crippen LogP contribution in [0.4, 0.5) is 11.5 Å². The molecule has 2 aliphatic rings. The minimum atomic E-state index is -0.0825. The maximum atomic E-state index is 8.99. The fourth-order valence-corrected chi connectivity index (χ4v) is 3.89. The molecule has 3 heterocycles. The summed E-state index contributed by atoms with van der Waals surface area (Å²) in [5, 5.41) is 8.99. The topological polar surface area (TPSA) is 90.7 Å². The zero-order valence-electron chi connectivity index (χ0n) is 16.8. The SMILES string of the molecule is N#CCc1ccc(N2C(c3cccnc3N)=NC3CC=C(c4ccccc4)N=C32)cc1. The largest absolute Gasteiger partial charge is 0.383 e. The number of nitrogens with zero attached hydrogens (tertiary/aromatic N) is 5. The van der Waals surface area contributed by atoms with E-state index in [0.717, 1.165) is 46.2 Å². The van der Waals surface area contributed by atoms with Crippen LogP contribution in [-0.2, 0) is 6.42 Å². The number of anilines is 2. The van der Waals surface area contributed by atoms with Crippen molar-refractivity contribution in [3.63, 3.8) is 0 Å². The summed E-state index contributed by atoms with van der Waals surface area (Å²) in [6, 6.07) is 24.0. The number of nitrogens with two attached hydrogens (primary N) is 1. The fraction of sp³-hybridized carbons (Fsp3) is 0.120. The van der Waals surface area contributed by atoms with Crippen molar-refractivity contribution in [2.24, 2.45) is 9.98 Å². The first-order chi connectivity index (χ1) is 15.2. The molecule has 2 aromatic carbocycles. The highest BCUT2D eigenvalue weighted by Crippen LogP contribution is 2.33. The Hall–Kier alpha value is -4.24. The van der Waals surface area contributed by atoms with E-state index in [9.17, 15) is 0 Å². The van der Waals surface area contributed by atoms with Crippen molar-refractivity contribution in [1.82, 2.24) is 4.98 Å². The van der Waals surface area contributed by atoms with Crippen molar-refractivity contribution in [2.75, 3.05) is 10.6 Å². The van der Waals surface area contributed by atoms with Gasteiger partial charge in [-0.3, -0.25) is 9.89 Å². The van der Waals surface area contributed by atoms with Gasteiger partial charge in [0.1, 0.15) is 23.5 Å². The quantitative estimate of drug-likeness (QED) is 0.705. The molecule has 1 unspecified atom stereocenters. The lowest BCUT2D eigenvalue weighted by Gasteiger charge is -2.25. The van der Waals surface area contributed by atoms with E-state index in [2.05, 4.69) is 34.2 Å². The molecule has 0 bridgehead atoms. The van der Waals surface area contributed by atoms with Crippen LogP contribution in [0.1, 0.15) is 23.1 Å². The van der Waals surface area contributed by atoms with Crippen molar-refractivity contribution in [3.8, 4) is 6.07 Å². The molecule has 0 aliphatic carbocycles. The molecular weight excluding hydrogens is 384 g/mol. The number of nitriles is 1. The van der Waals surface area contributed by atoms with Crippen LogP contribution in [0.5, 0.6) is 0 Å². The summed E-state index contributed by atoms with van der Waals surface area (Å²) in [4.78, 5) is 16.3. The van der Waals surface area contributed by atoms with E-state index in [0.29, 0.717) is 12.2 Å². The molecule has 0 saturated carbocycles. The van der Waals surface area contributed by atoms with Crippen molar-refractivity contribution in [2.45, 2.75) is 18.9 Å². The van der Waals surface area contributed by atoms with Gasteiger partial charge >= 0.3 is 0 Å². The minimum absolute atomic E-state index is 0.0825. The minimum Gasteiger partial charge on any atom is -0.383 e. The molecule has 5 rings (SSSR count). The summed E-state index contributed by atoms with van der Waals surface area (Å²) in [5.74, 6) is 2.04. The fourth-order valence-electron chi connectivity index (χ4n) is 3.89. The van der Waals surface area contributed by atoms with Crippen LogP contribution in [-0.4, -0.2) is 22.7 Å². The predicted molar refractivity (Wildman–Crippen MR) is 124 cm³/mol. The van der Waals surface area contributed by atoms with E-state index in [4.69, 9.17) is 21.0 Å². The molecule has 3 aromatic rings. The van der Waals surface area contributed by atoms with Gasteiger partial charge in [-0.1, -0.05) is 48.5 Å². The summed E-state index contributed by atoms with van der Waals surface area (Å²) >= 11 is 0. The Morgan fingerprint density at radius 3 is 2.58 bits per heavy atom. The second-order valence-corrected chi connectivity index (χ2v) is 7.40. The first-order valence-electron chi connectivity index (χ1n) is 10.1. The predicted octanol–water partition coefficient (Wildman–Crippen LogP) is 4.21. The molecule has 150 valence electrons. The molecule has 0 spiro atoms. The molecule has 1 atom stereocenters. The third-order valence-electron chi connectivity index (χ3n) is 5.41. The van der Waals surface area contributed by atoms with E-state index in [1.165, 1.54) is 0 Å². The van der Waals surface area contributed by atoms with Crippen LogP contribution in [0.25, 0.3) is 5.70 Å². The highest BCUT2D eigenvalue weighted by molar-refractivity contribution is 6.31. The third kappa shape index (κ3) is 3.47. The first-order valence-corrected chi connectivity index (χ1v) is 10.1. The number of nitrogen functional groups attached to an aromatic ring is 1. The second-order valence-electron chi connectivity index (χ2n) is 7.40. The van der Waals surface area contributed by atoms with Gasteiger partial charge in [0.05, 0.1) is 23.8 Å². The monoisotopic (exact) mass is 404 g/mol. The van der Waals surface area contributed by atoms with Crippen LogP contribution in [0.3, 0.4) is 0 Å². The van der Waals surface area contributed by atoms with Gasteiger partial charge in [0.25, 0.3) is 0 Å². The van der Waals surface area contributed by atoms with E-state index in [-0.39, 0.29) is 6.04 Å². The van der Waals surface area contributed by atoms with Gasteiger partial charge in [-0.2, -0.15) is 5.26 Å². The third-order valence-corrected chi connectivity index (χ3v) is 5.41. The van der Waals surface area contributed by atoms with Crippen molar-refractivity contribution < 1.29 is 0 Å². The van der Waals surface area contributed by atoms with Crippen molar-refractivity contribution in [1.29, 1.82) is 5.26 Å². The number of aliphatic imine (C=N–C) groups is 2. The molecular formula is C25H20N6. The van der Waals surface area contributed by atoms with E-state index < -0.39 is 0 Å². The van der Waals surface area contributed by atoms with Gasteiger partial charge in [0.2, 0.25) is 0 Å². The van der Waals surface area contributed by atoms with Crippen molar-refractivity contribution >= 4 is 28.9 Å². The smallest absolute Gasteiger partial charge is 0.145 e. The van der Waals surface area contributed by atoms with E-state index in [1.807, 2.05) is 54.6 Å². The van der Waals surface area contributed by atoms with Gasteiger partial charge in [0, 0.05) is 11.9 Å². The summed E-state index contributed by atoms with van der Waals surface area (Å²) in [6.45, 7) is 0. The van der Waals surface area contributed by atoms with Gasteiger partial charge in [-0.05, 0) is 41.8 Å². The Morgan fingerprint density at radius 2 is 1.84 bits per heavy atom. The molecule has 0 amide bonds. The van der Waals surface area contributed by atoms with Crippen molar-refractivity contribution in [3.05, 3.63) is 95.7 Å². The zero-order chi connectivity index (χ0) is 21.2. The summed E-state index contributed by atoms with van der Waals surface area (Å²) in [5.41, 5.74) is 10.9. The molecule has 2 N–H and O–H groups in total. The number of hydrogen-bond donors (Lipinski definition) is 1. The van der Waals surface area contributed by atoms with E-state index in [1.54, 1.807) is 6.20 Å². The normalized spacial score (nSPS) is 17.3. The van der Waals surface area contributed by atoms with E-state index >= 15 is 0 Å². The molecule has 2 aliphatic heterocycles. The summed E-state index contributed by atoms with van der Waals surface area (Å²) in [6.07, 6.45) is 4.95. The maximum Gasteiger partial charge on any atom is 0.145 e. The number of amidine groups is 2. The molecule has 6 heteroatoms. The Balaban J connectivity index is 1.61. The molecule has 0 radical (unpaired) electrons. The lowest BCUT2D eigenvalue weighted by Crippen LogP contribution is -2.37. The number of fused-ring (bicyclic) bond motifs is 1. The number of benzene rings is 2. The highest BCUT2D eigenvalue weighted by Gasteiger charge is 2.36.